The number of piperidine rings is 1. The fourth-order valence-electron chi connectivity index (χ4n) is 2.51. The zero-order chi connectivity index (χ0) is 14.8. The summed E-state index contributed by atoms with van der Waals surface area (Å²) < 4.78 is 5.54. The van der Waals surface area contributed by atoms with Gasteiger partial charge in [-0.2, -0.15) is 0 Å². The zero-order valence-corrected chi connectivity index (χ0v) is 14.2. The lowest BCUT2D eigenvalue weighted by Gasteiger charge is -2.29. The maximum atomic E-state index is 12.3. The molecular formula is C15H20ClN3O2S. The van der Waals surface area contributed by atoms with Crippen LogP contribution in [0.15, 0.2) is 21.9 Å². The second kappa shape index (κ2) is 7.26. The molecule has 1 fully saturated rings. The Kier molecular flexibility index (Phi) is 5.61. The van der Waals surface area contributed by atoms with Crippen LogP contribution in [0.3, 0.4) is 0 Å². The number of halogens is 1. The van der Waals surface area contributed by atoms with Gasteiger partial charge in [0.1, 0.15) is 11.5 Å². The Balaban J connectivity index is 0.00000176. The third-order valence-electron chi connectivity index (χ3n) is 3.79. The monoisotopic (exact) mass is 341 g/mol. The molecule has 0 radical (unpaired) electrons. The molecule has 3 rings (SSSR count). The van der Waals surface area contributed by atoms with Crippen molar-refractivity contribution in [3.05, 3.63) is 29.0 Å². The first-order valence-electron chi connectivity index (χ1n) is 7.17. The van der Waals surface area contributed by atoms with Gasteiger partial charge in [0.25, 0.3) is 5.91 Å². The molecule has 1 amide bonds. The van der Waals surface area contributed by atoms with Gasteiger partial charge in [-0.25, -0.2) is 4.98 Å². The smallest absolute Gasteiger partial charge is 0.271 e. The third-order valence-corrected chi connectivity index (χ3v) is 4.65. The summed E-state index contributed by atoms with van der Waals surface area (Å²) >= 11 is 1.43. The minimum absolute atomic E-state index is 0. The number of thiazole rings is 1. The second-order valence-corrected chi connectivity index (χ2v) is 6.36. The summed E-state index contributed by atoms with van der Waals surface area (Å²) in [5.74, 6) is 1.90. The van der Waals surface area contributed by atoms with Crippen molar-refractivity contribution in [3.63, 3.8) is 0 Å². The van der Waals surface area contributed by atoms with Gasteiger partial charge in [-0.05, 0) is 44.5 Å². The highest BCUT2D eigenvalue weighted by molar-refractivity contribution is 7.13. The highest BCUT2D eigenvalue weighted by Gasteiger charge is 2.24. The van der Waals surface area contributed by atoms with Gasteiger partial charge in [-0.15, -0.1) is 23.7 Å². The van der Waals surface area contributed by atoms with Crippen molar-refractivity contribution in [1.29, 1.82) is 0 Å². The fraction of sp³-hybridized carbons (Fsp3) is 0.467. The van der Waals surface area contributed by atoms with Crippen LogP contribution in [0.5, 0.6) is 0 Å². The number of rotatable bonds is 3. The average Bonchev–Trinajstić information content (AvgIpc) is 3.10. The number of nitrogens with one attached hydrogen (secondary N) is 2. The summed E-state index contributed by atoms with van der Waals surface area (Å²) in [5, 5.41) is 8.95. The Morgan fingerprint density at radius 2 is 2.32 bits per heavy atom. The van der Waals surface area contributed by atoms with Crippen LogP contribution < -0.4 is 10.6 Å². The number of aromatic nitrogens is 1. The molecule has 2 N–H and O–H groups in total. The van der Waals surface area contributed by atoms with Crippen LogP contribution in [0.2, 0.25) is 0 Å². The lowest BCUT2D eigenvalue weighted by Crippen LogP contribution is -2.48. The molecule has 22 heavy (non-hydrogen) atoms. The Hall–Kier alpha value is -1.37. The predicted octanol–water partition coefficient (Wildman–Crippen LogP) is 2.86. The van der Waals surface area contributed by atoms with E-state index in [0.29, 0.717) is 17.4 Å². The minimum Gasteiger partial charge on any atom is -0.459 e. The first-order valence-corrected chi connectivity index (χ1v) is 8.05. The summed E-state index contributed by atoms with van der Waals surface area (Å²) in [7, 11) is 0. The third kappa shape index (κ3) is 3.69. The van der Waals surface area contributed by atoms with Gasteiger partial charge < -0.3 is 15.1 Å². The maximum Gasteiger partial charge on any atom is 0.271 e. The molecule has 2 aromatic rings. The quantitative estimate of drug-likeness (QED) is 0.900. The molecular weight excluding hydrogens is 322 g/mol. The van der Waals surface area contributed by atoms with E-state index < -0.39 is 0 Å². The largest absolute Gasteiger partial charge is 0.459 e. The van der Waals surface area contributed by atoms with Crippen molar-refractivity contribution in [2.24, 2.45) is 5.92 Å². The molecule has 2 unspecified atom stereocenters. The van der Waals surface area contributed by atoms with Crippen LogP contribution in [0.25, 0.3) is 10.8 Å². The number of furan rings is 1. The van der Waals surface area contributed by atoms with Gasteiger partial charge >= 0.3 is 0 Å². The Labute approximate surface area is 139 Å². The van der Waals surface area contributed by atoms with Gasteiger partial charge in [0.15, 0.2) is 10.8 Å². The molecule has 0 aliphatic carbocycles. The lowest BCUT2D eigenvalue weighted by molar-refractivity contribution is 0.0910. The van der Waals surface area contributed by atoms with Crippen molar-refractivity contribution < 1.29 is 9.21 Å². The van der Waals surface area contributed by atoms with Crippen LogP contribution in [-0.4, -0.2) is 30.0 Å². The average molecular weight is 342 g/mol. The highest BCUT2D eigenvalue weighted by atomic mass is 35.5. The molecule has 0 aromatic carbocycles. The van der Waals surface area contributed by atoms with Crippen LogP contribution in [0.4, 0.5) is 0 Å². The van der Waals surface area contributed by atoms with Crippen molar-refractivity contribution in [3.8, 4) is 10.8 Å². The van der Waals surface area contributed by atoms with Crippen molar-refractivity contribution in [1.82, 2.24) is 15.6 Å². The van der Waals surface area contributed by atoms with Gasteiger partial charge in [-0.3, -0.25) is 4.79 Å². The van der Waals surface area contributed by atoms with E-state index in [0.717, 1.165) is 30.3 Å². The molecule has 0 bridgehead atoms. The normalized spacial score (nSPS) is 21.2. The van der Waals surface area contributed by atoms with Crippen LogP contribution >= 0.6 is 23.7 Å². The number of nitrogens with zero attached hydrogens (tertiary/aromatic N) is 1. The minimum atomic E-state index is -0.0977. The molecule has 2 aromatic heterocycles. The maximum absolute atomic E-state index is 12.3. The van der Waals surface area contributed by atoms with Crippen LogP contribution in [0.1, 0.15) is 29.6 Å². The molecule has 7 heteroatoms. The molecule has 0 saturated carbocycles. The predicted molar refractivity (Wildman–Crippen MR) is 89.7 cm³/mol. The SMILES string of the molecule is Cc1ccc(-c2nc(C(=O)NC3CCNCC3C)cs2)o1.Cl. The molecule has 1 saturated heterocycles. The zero-order valence-electron chi connectivity index (χ0n) is 12.6. The summed E-state index contributed by atoms with van der Waals surface area (Å²) in [4.78, 5) is 16.7. The van der Waals surface area contributed by atoms with E-state index in [4.69, 9.17) is 4.42 Å². The summed E-state index contributed by atoms with van der Waals surface area (Å²) in [6, 6.07) is 3.99. The van der Waals surface area contributed by atoms with Gasteiger partial charge in [-0.1, -0.05) is 6.92 Å². The molecule has 0 spiro atoms. The van der Waals surface area contributed by atoms with Crippen LogP contribution in [0, 0.1) is 12.8 Å². The van der Waals surface area contributed by atoms with Gasteiger partial charge in [0.05, 0.1) is 0 Å². The molecule has 3 heterocycles. The Morgan fingerprint density at radius 3 is 3.00 bits per heavy atom. The first kappa shape index (κ1) is 17.0. The Bertz CT molecular complexity index is 640. The highest BCUT2D eigenvalue weighted by Crippen LogP contribution is 2.25. The fourth-order valence-corrected chi connectivity index (χ4v) is 3.27. The molecule has 5 nitrogen and oxygen atoms in total. The number of carbonyl (C=O) groups excluding carboxylic acids is 1. The van der Waals surface area contributed by atoms with Crippen LogP contribution in [-0.2, 0) is 0 Å². The van der Waals surface area contributed by atoms with E-state index in [2.05, 4.69) is 22.5 Å². The van der Waals surface area contributed by atoms with E-state index in [1.165, 1.54) is 11.3 Å². The molecule has 2 atom stereocenters. The van der Waals surface area contributed by atoms with Crippen molar-refractivity contribution in [2.75, 3.05) is 13.1 Å². The van der Waals surface area contributed by atoms with E-state index in [1.807, 2.05) is 19.1 Å². The number of aryl methyl sites for hydroxylation is 1. The number of carbonyl (C=O) groups is 1. The van der Waals surface area contributed by atoms with E-state index in [9.17, 15) is 4.79 Å². The van der Waals surface area contributed by atoms with Crippen molar-refractivity contribution in [2.45, 2.75) is 26.3 Å². The first-order chi connectivity index (χ1) is 10.1. The molecule has 120 valence electrons. The topological polar surface area (TPSA) is 67.2 Å². The van der Waals surface area contributed by atoms with Crippen molar-refractivity contribution >= 4 is 29.7 Å². The molecule has 1 aliphatic heterocycles. The number of hydrogen-bond acceptors (Lipinski definition) is 5. The number of hydrogen-bond donors (Lipinski definition) is 2. The molecule has 1 aliphatic rings. The lowest BCUT2D eigenvalue weighted by atomic mass is 9.95. The Morgan fingerprint density at radius 1 is 1.50 bits per heavy atom. The summed E-state index contributed by atoms with van der Waals surface area (Å²) in [5.41, 5.74) is 0.467. The second-order valence-electron chi connectivity index (χ2n) is 5.50. The van der Waals surface area contributed by atoms with Gasteiger partial charge in [0, 0.05) is 11.4 Å². The number of amides is 1. The summed E-state index contributed by atoms with van der Waals surface area (Å²) in [6.07, 6.45) is 0.960. The van der Waals surface area contributed by atoms with E-state index in [1.54, 1.807) is 5.38 Å². The summed E-state index contributed by atoms with van der Waals surface area (Å²) in [6.45, 7) is 5.93. The van der Waals surface area contributed by atoms with Gasteiger partial charge in [0.2, 0.25) is 0 Å². The van der Waals surface area contributed by atoms with E-state index >= 15 is 0 Å². The van der Waals surface area contributed by atoms with E-state index in [-0.39, 0.29) is 24.4 Å². The standard InChI is InChI=1S/C15H19N3O2S.ClH/c1-9-7-16-6-5-11(9)17-14(19)12-8-21-15(18-12)13-4-3-10(2)20-13;/h3-4,8-9,11,16H,5-7H2,1-2H3,(H,17,19);1H.